The van der Waals surface area contributed by atoms with Gasteiger partial charge in [-0.1, -0.05) is 46.3 Å². The molecule has 5 nitrogen and oxygen atoms in total. The number of hydroxylamine groups is 1. The summed E-state index contributed by atoms with van der Waals surface area (Å²) in [5.74, 6) is -0.550. The summed E-state index contributed by atoms with van der Waals surface area (Å²) in [6.07, 6.45) is 2.91. The fourth-order valence-electron chi connectivity index (χ4n) is 2.53. The summed E-state index contributed by atoms with van der Waals surface area (Å²) < 4.78 is 1.05. The van der Waals surface area contributed by atoms with Crippen LogP contribution in [0.25, 0.3) is 17.0 Å². The SMILES string of the molecule is O=C(/C=C/c1ccc(CNCc2ccc3cc(Br)ccc3n2)cc1)NO. The minimum atomic E-state index is -0.550. The molecule has 0 fully saturated rings. The molecule has 0 aliphatic rings. The summed E-state index contributed by atoms with van der Waals surface area (Å²) >= 11 is 3.47. The summed E-state index contributed by atoms with van der Waals surface area (Å²) in [7, 11) is 0. The second-order valence-corrected chi connectivity index (χ2v) is 6.71. The van der Waals surface area contributed by atoms with Crippen molar-refractivity contribution in [2.45, 2.75) is 13.1 Å². The normalized spacial score (nSPS) is 11.2. The predicted octanol–water partition coefficient (Wildman–Crippen LogP) is 3.81. The number of aromatic nitrogens is 1. The number of hydrogen-bond acceptors (Lipinski definition) is 4. The van der Waals surface area contributed by atoms with E-state index >= 15 is 0 Å². The summed E-state index contributed by atoms with van der Waals surface area (Å²) in [5.41, 5.74) is 5.56. The van der Waals surface area contributed by atoms with Gasteiger partial charge in [0.05, 0.1) is 11.2 Å². The van der Waals surface area contributed by atoms with Crippen molar-refractivity contribution in [1.29, 1.82) is 0 Å². The minimum absolute atomic E-state index is 0.550. The number of benzene rings is 2. The third-order valence-electron chi connectivity index (χ3n) is 3.86. The predicted molar refractivity (Wildman–Crippen MR) is 105 cm³/mol. The third-order valence-corrected chi connectivity index (χ3v) is 4.35. The lowest BCUT2D eigenvalue weighted by Gasteiger charge is -2.06. The number of rotatable bonds is 6. The van der Waals surface area contributed by atoms with E-state index in [9.17, 15) is 4.79 Å². The molecule has 3 N–H and O–H groups in total. The van der Waals surface area contributed by atoms with Crippen molar-refractivity contribution < 1.29 is 10.0 Å². The second kappa shape index (κ2) is 8.71. The second-order valence-electron chi connectivity index (χ2n) is 5.79. The van der Waals surface area contributed by atoms with Crippen LogP contribution in [0.15, 0.2) is 65.1 Å². The molecule has 0 spiro atoms. The Hall–Kier alpha value is -2.54. The van der Waals surface area contributed by atoms with Crippen molar-refractivity contribution in [1.82, 2.24) is 15.8 Å². The van der Waals surface area contributed by atoms with Gasteiger partial charge in [-0.25, -0.2) is 5.48 Å². The van der Waals surface area contributed by atoms with Gasteiger partial charge in [-0.2, -0.15) is 0 Å². The number of pyridine rings is 1. The molecule has 0 saturated carbocycles. The highest BCUT2D eigenvalue weighted by molar-refractivity contribution is 9.10. The first-order chi connectivity index (χ1) is 12.6. The average Bonchev–Trinajstić information content (AvgIpc) is 2.67. The van der Waals surface area contributed by atoms with Gasteiger partial charge in [0.15, 0.2) is 0 Å². The number of fused-ring (bicyclic) bond motifs is 1. The monoisotopic (exact) mass is 411 g/mol. The molecule has 1 aromatic heterocycles. The van der Waals surface area contributed by atoms with Gasteiger partial charge < -0.3 is 5.32 Å². The quantitative estimate of drug-likeness (QED) is 0.327. The summed E-state index contributed by atoms with van der Waals surface area (Å²) in [6.45, 7) is 1.41. The fourth-order valence-corrected chi connectivity index (χ4v) is 2.91. The Labute approximate surface area is 159 Å². The van der Waals surface area contributed by atoms with Gasteiger partial charge in [-0.3, -0.25) is 15.0 Å². The number of hydrogen-bond donors (Lipinski definition) is 3. The van der Waals surface area contributed by atoms with Crippen LogP contribution in [0.5, 0.6) is 0 Å². The summed E-state index contributed by atoms with van der Waals surface area (Å²) in [5, 5.41) is 13.0. The molecule has 0 unspecified atom stereocenters. The Morgan fingerprint density at radius 2 is 1.88 bits per heavy atom. The van der Waals surface area contributed by atoms with E-state index < -0.39 is 5.91 Å². The molecule has 3 rings (SSSR count). The van der Waals surface area contributed by atoms with Gasteiger partial charge in [0.25, 0.3) is 5.91 Å². The molecule has 0 saturated heterocycles. The molecule has 0 bridgehead atoms. The Balaban J connectivity index is 1.55. The van der Waals surface area contributed by atoms with Crippen molar-refractivity contribution in [3.8, 4) is 0 Å². The molecule has 0 aliphatic carbocycles. The van der Waals surface area contributed by atoms with Crippen LogP contribution in [0.1, 0.15) is 16.8 Å². The van der Waals surface area contributed by atoms with Crippen molar-refractivity contribution in [3.05, 3.63) is 82.0 Å². The molecule has 1 amide bonds. The van der Waals surface area contributed by atoms with Crippen LogP contribution >= 0.6 is 15.9 Å². The average molecular weight is 412 g/mol. The Bertz CT molecular complexity index is 939. The first-order valence-electron chi connectivity index (χ1n) is 8.11. The van der Waals surface area contributed by atoms with Crippen LogP contribution in [0.3, 0.4) is 0 Å². The molecule has 26 heavy (non-hydrogen) atoms. The zero-order chi connectivity index (χ0) is 18.4. The van der Waals surface area contributed by atoms with E-state index in [1.807, 2.05) is 42.5 Å². The van der Waals surface area contributed by atoms with E-state index in [0.717, 1.165) is 38.7 Å². The minimum Gasteiger partial charge on any atom is -0.307 e. The zero-order valence-corrected chi connectivity index (χ0v) is 15.5. The van der Waals surface area contributed by atoms with Gasteiger partial charge in [0, 0.05) is 29.0 Å². The largest absolute Gasteiger partial charge is 0.307 e. The maximum atomic E-state index is 11.0. The molecule has 6 heteroatoms. The number of carbonyl (C=O) groups excluding carboxylic acids is 1. The molecule has 132 valence electrons. The van der Waals surface area contributed by atoms with Crippen molar-refractivity contribution in [2.75, 3.05) is 0 Å². The maximum Gasteiger partial charge on any atom is 0.267 e. The third kappa shape index (κ3) is 4.98. The molecular formula is C20H18BrN3O2. The number of nitrogens with one attached hydrogen (secondary N) is 2. The fraction of sp³-hybridized carbons (Fsp3) is 0.100. The zero-order valence-electron chi connectivity index (χ0n) is 13.9. The lowest BCUT2D eigenvalue weighted by Crippen LogP contribution is -2.14. The van der Waals surface area contributed by atoms with E-state index in [1.54, 1.807) is 11.6 Å². The van der Waals surface area contributed by atoms with E-state index in [4.69, 9.17) is 5.21 Å². The topological polar surface area (TPSA) is 74.2 Å². The lowest BCUT2D eigenvalue weighted by atomic mass is 10.1. The van der Waals surface area contributed by atoms with Crippen molar-refractivity contribution in [3.63, 3.8) is 0 Å². The Kier molecular flexibility index (Phi) is 6.12. The van der Waals surface area contributed by atoms with Crippen LogP contribution in [-0.2, 0) is 17.9 Å². The highest BCUT2D eigenvalue weighted by Crippen LogP contribution is 2.18. The molecule has 1 heterocycles. The summed E-state index contributed by atoms with van der Waals surface area (Å²) in [4.78, 5) is 15.6. The van der Waals surface area contributed by atoms with E-state index in [1.165, 1.54) is 6.08 Å². The van der Waals surface area contributed by atoms with Crippen LogP contribution in [0.4, 0.5) is 0 Å². The summed E-state index contributed by atoms with van der Waals surface area (Å²) in [6, 6.07) is 18.0. The number of nitrogens with zero attached hydrogens (tertiary/aromatic N) is 1. The van der Waals surface area contributed by atoms with Crippen LogP contribution in [-0.4, -0.2) is 16.1 Å². The first kappa shape index (κ1) is 18.3. The maximum absolute atomic E-state index is 11.0. The first-order valence-corrected chi connectivity index (χ1v) is 8.90. The molecular weight excluding hydrogens is 394 g/mol. The highest BCUT2D eigenvalue weighted by Gasteiger charge is 2.00. The van der Waals surface area contributed by atoms with Crippen molar-refractivity contribution in [2.24, 2.45) is 0 Å². The molecule has 3 aromatic rings. The van der Waals surface area contributed by atoms with Crippen LogP contribution in [0, 0.1) is 0 Å². The van der Waals surface area contributed by atoms with Gasteiger partial charge in [-0.05, 0) is 41.5 Å². The molecule has 2 aromatic carbocycles. The number of amides is 1. The van der Waals surface area contributed by atoms with Gasteiger partial charge >= 0.3 is 0 Å². The Morgan fingerprint density at radius 3 is 2.65 bits per heavy atom. The van der Waals surface area contributed by atoms with Gasteiger partial charge in [0.2, 0.25) is 0 Å². The Morgan fingerprint density at radius 1 is 1.08 bits per heavy atom. The van der Waals surface area contributed by atoms with E-state index in [0.29, 0.717) is 6.54 Å². The van der Waals surface area contributed by atoms with E-state index in [-0.39, 0.29) is 0 Å². The highest BCUT2D eigenvalue weighted by atomic mass is 79.9. The van der Waals surface area contributed by atoms with Crippen molar-refractivity contribution >= 4 is 38.8 Å². The molecule has 0 radical (unpaired) electrons. The van der Waals surface area contributed by atoms with E-state index in [2.05, 4.69) is 38.4 Å². The lowest BCUT2D eigenvalue weighted by molar-refractivity contribution is -0.124. The molecule has 0 atom stereocenters. The van der Waals surface area contributed by atoms with Gasteiger partial charge in [0.1, 0.15) is 0 Å². The van der Waals surface area contributed by atoms with Gasteiger partial charge in [-0.15, -0.1) is 0 Å². The standard InChI is InChI=1S/C20H18BrN3O2/c21-17-7-9-19-16(11-17)6-8-18(23-19)13-22-12-15-3-1-14(2-4-15)5-10-20(25)24-26/h1-11,22,26H,12-13H2,(H,24,25)/b10-5+. The van der Waals surface area contributed by atoms with Crippen LogP contribution in [0.2, 0.25) is 0 Å². The number of halogens is 1. The smallest absolute Gasteiger partial charge is 0.267 e. The number of carbonyl (C=O) groups is 1. The van der Waals surface area contributed by atoms with Crippen LogP contribution < -0.4 is 10.8 Å². The molecule has 0 aliphatic heterocycles.